The van der Waals surface area contributed by atoms with Crippen molar-refractivity contribution < 1.29 is 9.52 Å². The quantitative estimate of drug-likeness (QED) is 0.825. The van der Waals surface area contributed by atoms with Crippen molar-refractivity contribution in [2.24, 2.45) is 5.92 Å². The largest absolute Gasteiger partial charge is 0.468 e. The summed E-state index contributed by atoms with van der Waals surface area (Å²) in [6.07, 6.45) is 3.85. The lowest BCUT2D eigenvalue weighted by molar-refractivity contribution is 0.0572. The molecule has 0 saturated carbocycles. The molecule has 0 radical (unpaired) electrons. The third-order valence-electron chi connectivity index (χ3n) is 3.18. The number of hydrogen-bond donors (Lipinski definition) is 1. The third kappa shape index (κ3) is 2.83. The van der Waals surface area contributed by atoms with Crippen LogP contribution < -0.4 is 0 Å². The molecule has 2 heterocycles. The van der Waals surface area contributed by atoms with Crippen LogP contribution >= 0.6 is 0 Å². The van der Waals surface area contributed by atoms with Gasteiger partial charge in [0.05, 0.1) is 18.9 Å². The topological polar surface area (TPSA) is 36.6 Å². The van der Waals surface area contributed by atoms with Crippen molar-refractivity contribution >= 4 is 0 Å². The second-order valence-corrected chi connectivity index (χ2v) is 4.46. The molecule has 0 amide bonds. The first-order valence-corrected chi connectivity index (χ1v) is 5.68. The van der Waals surface area contributed by atoms with Crippen LogP contribution in [-0.2, 0) is 6.54 Å². The van der Waals surface area contributed by atoms with Crippen molar-refractivity contribution in [3.05, 3.63) is 24.2 Å². The maximum Gasteiger partial charge on any atom is 0.117 e. The Balaban J connectivity index is 1.88. The second-order valence-electron chi connectivity index (χ2n) is 4.46. The molecule has 0 aromatic carbocycles. The Kier molecular flexibility index (Phi) is 3.44. The van der Waals surface area contributed by atoms with E-state index in [2.05, 4.69) is 4.90 Å². The summed E-state index contributed by atoms with van der Waals surface area (Å²) in [6, 6.07) is 3.93. The van der Waals surface area contributed by atoms with Crippen LogP contribution in [0, 0.1) is 5.92 Å². The molecule has 1 aliphatic rings. The van der Waals surface area contributed by atoms with Crippen LogP contribution in [0.2, 0.25) is 0 Å². The molecule has 3 heteroatoms. The van der Waals surface area contributed by atoms with E-state index in [4.69, 9.17) is 4.42 Å². The molecular weight excluding hydrogens is 190 g/mol. The van der Waals surface area contributed by atoms with Gasteiger partial charge < -0.3 is 9.52 Å². The summed E-state index contributed by atoms with van der Waals surface area (Å²) in [7, 11) is 0. The summed E-state index contributed by atoms with van der Waals surface area (Å²) in [5.74, 6) is 1.44. The summed E-state index contributed by atoms with van der Waals surface area (Å²) in [4.78, 5) is 2.36. The van der Waals surface area contributed by atoms with E-state index in [0.717, 1.165) is 31.8 Å². The Morgan fingerprint density at radius 3 is 3.20 bits per heavy atom. The summed E-state index contributed by atoms with van der Waals surface area (Å²) in [5.41, 5.74) is 0. The molecule has 1 aliphatic heterocycles. The number of aliphatic hydroxyl groups is 1. The van der Waals surface area contributed by atoms with Crippen LogP contribution in [0.1, 0.15) is 25.5 Å². The van der Waals surface area contributed by atoms with Crippen molar-refractivity contribution in [1.82, 2.24) is 4.90 Å². The van der Waals surface area contributed by atoms with E-state index in [1.54, 1.807) is 6.26 Å². The lowest BCUT2D eigenvalue weighted by atomic mass is 9.93. The molecule has 1 fully saturated rings. The van der Waals surface area contributed by atoms with Crippen LogP contribution in [0.15, 0.2) is 22.8 Å². The highest BCUT2D eigenvalue weighted by Crippen LogP contribution is 2.21. The molecule has 1 aromatic heterocycles. The fraction of sp³-hybridized carbons (Fsp3) is 0.667. The average molecular weight is 209 g/mol. The molecule has 2 rings (SSSR count). The van der Waals surface area contributed by atoms with Crippen LogP contribution in [0.5, 0.6) is 0 Å². The van der Waals surface area contributed by atoms with Gasteiger partial charge in [-0.05, 0) is 44.4 Å². The van der Waals surface area contributed by atoms with Gasteiger partial charge in [0.15, 0.2) is 0 Å². The predicted molar refractivity (Wildman–Crippen MR) is 58.4 cm³/mol. The van der Waals surface area contributed by atoms with Crippen LogP contribution in [0.3, 0.4) is 0 Å². The highest BCUT2D eigenvalue weighted by molar-refractivity contribution is 4.98. The Labute approximate surface area is 90.7 Å². The zero-order chi connectivity index (χ0) is 10.7. The van der Waals surface area contributed by atoms with E-state index >= 15 is 0 Å². The van der Waals surface area contributed by atoms with Crippen molar-refractivity contribution in [1.29, 1.82) is 0 Å². The average Bonchev–Trinajstić information content (AvgIpc) is 2.71. The fourth-order valence-corrected chi connectivity index (χ4v) is 2.25. The molecule has 0 aliphatic carbocycles. The Bertz CT molecular complexity index is 282. The third-order valence-corrected chi connectivity index (χ3v) is 3.18. The lowest BCUT2D eigenvalue weighted by Crippen LogP contribution is -2.38. The lowest BCUT2D eigenvalue weighted by Gasteiger charge is -2.33. The van der Waals surface area contributed by atoms with Gasteiger partial charge in [0.2, 0.25) is 0 Å². The Hall–Kier alpha value is -0.800. The summed E-state index contributed by atoms with van der Waals surface area (Å²) in [6.45, 7) is 4.86. The zero-order valence-corrected chi connectivity index (χ0v) is 9.22. The Morgan fingerprint density at radius 2 is 2.53 bits per heavy atom. The number of rotatable bonds is 3. The van der Waals surface area contributed by atoms with Gasteiger partial charge in [-0.2, -0.15) is 0 Å². The minimum atomic E-state index is -0.190. The maximum atomic E-state index is 9.57. The SMILES string of the molecule is C[C@H](O)[C@H]1CCCN(Cc2ccco2)C1. The van der Waals surface area contributed by atoms with E-state index in [0.29, 0.717) is 5.92 Å². The minimum absolute atomic E-state index is 0.190. The van der Waals surface area contributed by atoms with Crippen LogP contribution in [-0.4, -0.2) is 29.2 Å². The number of likely N-dealkylation sites (tertiary alicyclic amines) is 1. The molecule has 0 bridgehead atoms. The first-order valence-electron chi connectivity index (χ1n) is 5.68. The van der Waals surface area contributed by atoms with Gasteiger partial charge in [-0.15, -0.1) is 0 Å². The number of hydrogen-bond acceptors (Lipinski definition) is 3. The highest BCUT2D eigenvalue weighted by atomic mass is 16.3. The molecule has 3 nitrogen and oxygen atoms in total. The summed E-state index contributed by atoms with van der Waals surface area (Å²) in [5, 5.41) is 9.57. The molecule has 84 valence electrons. The normalized spacial score (nSPS) is 25.3. The second kappa shape index (κ2) is 4.81. The van der Waals surface area contributed by atoms with Crippen molar-refractivity contribution in [2.75, 3.05) is 13.1 Å². The van der Waals surface area contributed by atoms with Gasteiger partial charge in [-0.1, -0.05) is 0 Å². The first-order chi connectivity index (χ1) is 7.25. The maximum absolute atomic E-state index is 9.57. The number of aliphatic hydroxyl groups excluding tert-OH is 1. The van der Waals surface area contributed by atoms with E-state index in [1.807, 2.05) is 19.1 Å². The van der Waals surface area contributed by atoms with Gasteiger partial charge in [0.25, 0.3) is 0 Å². The predicted octanol–water partition coefficient (Wildman–Crippen LogP) is 1.87. The molecule has 15 heavy (non-hydrogen) atoms. The van der Waals surface area contributed by atoms with E-state index in [1.165, 1.54) is 6.42 Å². The van der Waals surface area contributed by atoms with Crippen LogP contribution in [0.25, 0.3) is 0 Å². The molecule has 1 aromatic rings. The van der Waals surface area contributed by atoms with E-state index in [9.17, 15) is 5.11 Å². The molecule has 1 saturated heterocycles. The summed E-state index contributed by atoms with van der Waals surface area (Å²) < 4.78 is 5.33. The van der Waals surface area contributed by atoms with Gasteiger partial charge in [0, 0.05) is 6.54 Å². The highest BCUT2D eigenvalue weighted by Gasteiger charge is 2.23. The number of piperidine rings is 1. The smallest absolute Gasteiger partial charge is 0.117 e. The van der Waals surface area contributed by atoms with E-state index in [-0.39, 0.29) is 6.10 Å². The van der Waals surface area contributed by atoms with Gasteiger partial charge in [-0.25, -0.2) is 0 Å². The molecule has 0 unspecified atom stereocenters. The van der Waals surface area contributed by atoms with Gasteiger partial charge >= 0.3 is 0 Å². The standard InChI is InChI=1S/C12H19NO2/c1-10(14)11-4-2-6-13(8-11)9-12-5-3-7-15-12/h3,5,7,10-11,14H,2,4,6,8-9H2,1H3/t10-,11-/m0/s1. The monoisotopic (exact) mass is 209 g/mol. The molecule has 2 atom stereocenters. The zero-order valence-electron chi connectivity index (χ0n) is 9.22. The number of nitrogens with zero attached hydrogens (tertiary/aromatic N) is 1. The molecular formula is C12H19NO2. The minimum Gasteiger partial charge on any atom is -0.468 e. The van der Waals surface area contributed by atoms with Crippen molar-refractivity contribution in [3.8, 4) is 0 Å². The van der Waals surface area contributed by atoms with Crippen LogP contribution in [0.4, 0.5) is 0 Å². The molecule has 1 N–H and O–H groups in total. The van der Waals surface area contributed by atoms with Gasteiger partial charge in [0.1, 0.15) is 5.76 Å². The van der Waals surface area contributed by atoms with Crippen molar-refractivity contribution in [2.45, 2.75) is 32.4 Å². The van der Waals surface area contributed by atoms with E-state index < -0.39 is 0 Å². The fourth-order valence-electron chi connectivity index (χ4n) is 2.25. The Morgan fingerprint density at radius 1 is 1.67 bits per heavy atom. The summed E-state index contributed by atoms with van der Waals surface area (Å²) >= 11 is 0. The van der Waals surface area contributed by atoms with Crippen molar-refractivity contribution in [3.63, 3.8) is 0 Å². The number of furan rings is 1. The first kappa shape index (κ1) is 10.7. The molecule has 0 spiro atoms. The van der Waals surface area contributed by atoms with Gasteiger partial charge in [-0.3, -0.25) is 4.90 Å².